The average Bonchev–Trinajstić information content (AvgIpc) is 2.97. The molecule has 1 unspecified atom stereocenters. The Morgan fingerprint density at radius 3 is 2.29 bits per heavy atom. The third kappa shape index (κ3) is 4.99. The van der Waals surface area contributed by atoms with Gasteiger partial charge in [-0.2, -0.15) is 13.2 Å². The first-order chi connectivity index (χ1) is 11.2. The van der Waals surface area contributed by atoms with E-state index in [-0.39, 0.29) is 0 Å². The molecule has 140 valence electrons. The van der Waals surface area contributed by atoms with Crippen LogP contribution in [0, 0.1) is 0 Å². The number of nitrogens with one attached hydrogen (secondary N) is 1. The second kappa shape index (κ2) is 7.91. The van der Waals surface area contributed by atoms with Crippen molar-refractivity contribution in [2.45, 2.75) is 57.3 Å². The zero-order chi connectivity index (χ0) is 17.8. The van der Waals surface area contributed by atoms with Gasteiger partial charge < -0.3 is 15.3 Å². The van der Waals surface area contributed by atoms with E-state index in [2.05, 4.69) is 10.3 Å². The van der Waals surface area contributed by atoms with Crippen LogP contribution in [0.5, 0.6) is 0 Å². The van der Waals surface area contributed by atoms with E-state index in [1.807, 2.05) is 11.8 Å². The van der Waals surface area contributed by atoms with Gasteiger partial charge in [0.05, 0.1) is 12.1 Å². The van der Waals surface area contributed by atoms with Gasteiger partial charge in [0.2, 0.25) is 0 Å². The fourth-order valence-electron chi connectivity index (χ4n) is 3.37. The molecule has 0 bridgehead atoms. The number of nitrogens with zero attached hydrogens (tertiary/aromatic N) is 3. The van der Waals surface area contributed by atoms with Gasteiger partial charge in [-0.1, -0.05) is 12.8 Å². The van der Waals surface area contributed by atoms with E-state index < -0.39 is 17.8 Å². The lowest BCUT2D eigenvalue weighted by molar-refractivity contribution is -0.181. The van der Waals surface area contributed by atoms with Crippen molar-refractivity contribution in [3.05, 3.63) is 0 Å². The summed E-state index contributed by atoms with van der Waals surface area (Å²) >= 11 is 0. The lowest BCUT2D eigenvalue weighted by atomic mass is 10.0. The molecule has 24 heavy (non-hydrogen) atoms. The zero-order valence-corrected chi connectivity index (χ0v) is 14.6. The van der Waals surface area contributed by atoms with Crippen molar-refractivity contribution in [1.29, 1.82) is 0 Å². The van der Waals surface area contributed by atoms with Crippen LogP contribution in [0.25, 0.3) is 0 Å². The van der Waals surface area contributed by atoms with Gasteiger partial charge in [0.15, 0.2) is 5.96 Å². The quantitative estimate of drug-likeness (QED) is 0.600. The van der Waals surface area contributed by atoms with Crippen LogP contribution in [-0.2, 0) is 0 Å². The summed E-state index contributed by atoms with van der Waals surface area (Å²) in [6.07, 6.45) is -0.598. The van der Waals surface area contributed by atoms with E-state index in [1.54, 1.807) is 0 Å². The van der Waals surface area contributed by atoms with E-state index in [9.17, 15) is 18.3 Å². The number of hydrogen-bond acceptors (Lipinski definition) is 3. The molecule has 1 atom stereocenters. The second-order valence-corrected chi connectivity index (χ2v) is 6.84. The number of hydrogen-bond donors (Lipinski definition) is 2. The highest BCUT2D eigenvalue weighted by molar-refractivity contribution is 5.80. The fourth-order valence-corrected chi connectivity index (χ4v) is 3.37. The molecule has 1 saturated heterocycles. The summed E-state index contributed by atoms with van der Waals surface area (Å²) < 4.78 is 38.5. The van der Waals surface area contributed by atoms with Crippen molar-refractivity contribution in [3.8, 4) is 0 Å². The van der Waals surface area contributed by atoms with Crippen LogP contribution in [0.2, 0.25) is 0 Å². The summed E-state index contributed by atoms with van der Waals surface area (Å²) in [5.41, 5.74) is -0.715. The minimum absolute atomic E-state index is 0.356. The molecule has 0 aromatic carbocycles. The van der Waals surface area contributed by atoms with Crippen molar-refractivity contribution in [1.82, 2.24) is 15.1 Å². The average molecular weight is 350 g/mol. The molecule has 0 radical (unpaired) electrons. The first-order valence-electron chi connectivity index (χ1n) is 8.81. The van der Waals surface area contributed by atoms with Crippen LogP contribution in [0.4, 0.5) is 13.2 Å². The van der Waals surface area contributed by atoms with Gasteiger partial charge >= 0.3 is 6.18 Å². The Bertz CT molecular complexity index is 428. The Hall–Kier alpha value is -1.02. The fraction of sp³-hybridized carbons (Fsp3) is 0.938. The van der Waals surface area contributed by atoms with Gasteiger partial charge in [0.25, 0.3) is 0 Å². The minimum atomic E-state index is -4.19. The highest BCUT2D eigenvalue weighted by Gasteiger charge is 2.41. The molecule has 2 rings (SSSR count). The van der Waals surface area contributed by atoms with Crippen LogP contribution < -0.4 is 5.32 Å². The lowest BCUT2D eigenvalue weighted by Gasteiger charge is -2.39. The summed E-state index contributed by atoms with van der Waals surface area (Å²) in [5.74, 6) is 0.692. The third-order valence-corrected chi connectivity index (χ3v) is 5.03. The summed E-state index contributed by atoms with van der Waals surface area (Å²) in [5, 5.41) is 13.6. The Labute approximate surface area is 141 Å². The van der Waals surface area contributed by atoms with Crippen molar-refractivity contribution in [3.63, 3.8) is 0 Å². The van der Waals surface area contributed by atoms with Gasteiger partial charge in [-0.25, -0.2) is 0 Å². The molecular weight excluding hydrogens is 321 g/mol. The van der Waals surface area contributed by atoms with Gasteiger partial charge in [0.1, 0.15) is 6.04 Å². The van der Waals surface area contributed by atoms with E-state index >= 15 is 0 Å². The van der Waals surface area contributed by atoms with Crippen LogP contribution in [-0.4, -0.2) is 78.0 Å². The number of rotatable bonds is 4. The molecule has 0 amide bonds. The highest BCUT2D eigenvalue weighted by atomic mass is 19.4. The predicted molar refractivity (Wildman–Crippen MR) is 88.1 cm³/mol. The number of guanidine groups is 1. The van der Waals surface area contributed by atoms with Crippen LogP contribution in [0.15, 0.2) is 4.99 Å². The topological polar surface area (TPSA) is 51.1 Å². The first kappa shape index (κ1) is 19.3. The highest BCUT2D eigenvalue weighted by Crippen LogP contribution is 2.29. The maximum atomic E-state index is 12.8. The van der Waals surface area contributed by atoms with Crippen LogP contribution in [0.1, 0.15) is 39.5 Å². The predicted octanol–water partition coefficient (Wildman–Crippen LogP) is 1.83. The van der Waals surface area contributed by atoms with E-state index in [0.29, 0.717) is 45.2 Å². The maximum Gasteiger partial charge on any atom is 0.403 e. The van der Waals surface area contributed by atoms with Gasteiger partial charge in [-0.05, 0) is 26.7 Å². The Morgan fingerprint density at radius 2 is 1.79 bits per heavy atom. The molecule has 1 saturated carbocycles. The van der Waals surface area contributed by atoms with Crippen LogP contribution >= 0.6 is 0 Å². The molecule has 0 aromatic heterocycles. The Kier molecular flexibility index (Phi) is 6.36. The summed E-state index contributed by atoms with van der Waals surface area (Å²) in [6.45, 7) is 5.94. The van der Waals surface area contributed by atoms with E-state index in [0.717, 1.165) is 25.7 Å². The molecule has 5 nitrogen and oxygen atoms in total. The van der Waals surface area contributed by atoms with E-state index in [1.165, 1.54) is 11.8 Å². The van der Waals surface area contributed by atoms with E-state index in [4.69, 9.17) is 0 Å². The molecule has 0 spiro atoms. The summed E-state index contributed by atoms with van der Waals surface area (Å²) in [7, 11) is 0. The number of halogens is 3. The molecule has 0 aromatic rings. The number of alkyl halides is 3. The molecular formula is C16H29F3N4O. The van der Waals surface area contributed by atoms with Crippen molar-refractivity contribution in [2.24, 2.45) is 4.99 Å². The molecule has 2 N–H and O–H groups in total. The van der Waals surface area contributed by atoms with Gasteiger partial charge in [0, 0.05) is 32.7 Å². The number of aliphatic imine (C=N–C) groups is 1. The minimum Gasteiger partial charge on any atom is -0.388 e. The largest absolute Gasteiger partial charge is 0.403 e. The van der Waals surface area contributed by atoms with Gasteiger partial charge in [-0.3, -0.25) is 9.89 Å². The zero-order valence-electron chi connectivity index (χ0n) is 14.6. The lowest BCUT2D eigenvalue weighted by Crippen LogP contribution is -2.57. The van der Waals surface area contributed by atoms with Crippen molar-refractivity contribution in [2.75, 3.05) is 39.3 Å². The SMILES string of the molecule is CCNC(=NCC1(O)CCCC1)N1CCN(C(C)C(F)(F)F)CC1. The van der Waals surface area contributed by atoms with Crippen molar-refractivity contribution >= 4 is 5.96 Å². The molecule has 1 heterocycles. The van der Waals surface area contributed by atoms with Gasteiger partial charge in [-0.15, -0.1) is 0 Å². The first-order valence-corrected chi connectivity index (χ1v) is 8.81. The molecule has 1 aliphatic carbocycles. The molecule has 8 heteroatoms. The third-order valence-electron chi connectivity index (χ3n) is 5.03. The monoisotopic (exact) mass is 350 g/mol. The molecule has 2 aliphatic rings. The normalized spacial score (nSPS) is 24.2. The maximum absolute atomic E-state index is 12.8. The number of aliphatic hydroxyl groups is 1. The second-order valence-electron chi connectivity index (χ2n) is 6.84. The summed E-state index contributed by atoms with van der Waals surface area (Å²) in [4.78, 5) is 8.00. The smallest absolute Gasteiger partial charge is 0.388 e. The van der Waals surface area contributed by atoms with Crippen molar-refractivity contribution < 1.29 is 18.3 Å². The number of piperazine rings is 1. The summed E-state index contributed by atoms with van der Waals surface area (Å²) in [6, 6.07) is -1.42. The standard InChI is InChI=1S/C16H29F3N4O/c1-3-20-14(21-12-15(24)6-4-5-7-15)23-10-8-22(9-11-23)13(2)16(17,18)19/h13,24H,3-12H2,1-2H3,(H,20,21). The molecule has 1 aliphatic heterocycles. The van der Waals surface area contributed by atoms with Crippen LogP contribution in [0.3, 0.4) is 0 Å². The molecule has 2 fully saturated rings. The Morgan fingerprint density at radius 1 is 1.21 bits per heavy atom. The Balaban J connectivity index is 1.93.